The molecular weight excluding hydrogens is 410 g/mol. The predicted molar refractivity (Wildman–Crippen MR) is 121 cm³/mol. The molecule has 160 valence electrons. The third-order valence-corrected chi connectivity index (χ3v) is 7.70. The lowest BCUT2D eigenvalue weighted by Gasteiger charge is -2.25. The van der Waals surface area contributed by atoms with Crippen molar-refractivity contribution in [3.05, 3.63) is 62.5 Å². The molecule has 1 saturated heterocycles. The topological polar surface area (TPSA) is 64.7 Å². The fourth-order valence-corrected chi connectivity index (χ4v) is 6.21. The Kier molecular flexibility index (Phi) is 4.85. The van der Waals surface area contributed by atoms with Gasteiger partial charge in [0.15, 0.2) is 5.82 Å². The van der Waals surface area contributed by atoms with E-state index in [4.69, 9.17) is 4.74 Å². The smallest absolute Gasteiger partial charge is 0.264 e. The lowest BCUT2D eigenvalue weighted by Crippen LogP contribution is -2.36. The maximum atomic E-state index is 13.7. The zero-order valence-electron chi connectivity index (χ0n) is 17.4. The summed E-state index contributed by atoms with van der Waals surface area (Å²) in [4.78, 5) is 18.5. The number of hydrogen-bond acceptors (Lipinski definition) is 6. The van der Waals surface area contributed by atoms with Crippen molar-refractivity contribution in [2.75, 3.05) is 26.3 Å². The van der Waals surface area contributed by atoms with Crippen molar-refractivity contribution in [1.82, 2.24) is 24.1 Å². The minimum atomic E-state index is 0.0658. The summed E-state index contributed by atoms with van der Waals surface area (Å²) < 4.78 is 9.47. The molecule has 0 unspecified atom stereocenters. The minimum Gasteiger partial charge on any atom is -0.379 e. The normalized spacial score (nSPS) is 17.4. The number of nitrogens with zero attached hydrogens (tertiary/aromatic N) is 5. The van der Waals surface area contributed by atoms with Crippen LogP contribution < -0.4 is 5.56 Å². The van der Waals surface area contributed by atoms with Crippen LogP contribution in [0.1, 0.15) is 34.7 Å². The molecule has 1 fully saturated rings. The van der Waals surface area contributed by atoms with Gasteiger partial charge in [-0.05, 0) is 36.8 Å². The molecule has 31 heavy (non-hydrogen) atoms. The molecule has 6 rings (SSSR count). The second-order valence-corrected chi connectivity index (χ2v) is 9.49. The van der Waals surface area contributed by atoms with Crippen LogP contribution in [0.25, 0.3) is 16.0 Å². The van der Waals surface area contributed by atoms with Crippen molar-refractivity contribution in [1.29, 1.82) is 0 Å². The van der Waals surface area contributed by atoms with Crippen molar-refractivity contribution in [3.63, 3.8) is 0 Å². The Morgan fingerprint density at radius 2 is 1.81 bits per heavy atom. The Hall–Kier alpha value is -2.55. The number of ether oxygens (including phenoxy) is 1. The van der Waals surface area contributed by atoms with E-state index >= 15 is 0 Å². The quantitative estimate of drug-likeness (QED) is 0.493. The van der Waals surface area contributed by atoms with E-state index in [0.717, 1.165) is 67.2 Å². The Bertz CT molecular complexity index is 1300. The van der Waals surface area contributed by atoms with Gasteiger partial charge in [-0.15, -0.1) is 21.5 Å². The molecule has 0 saturated carbocycles. The number of hydrogen-bond donors (Lipinski definition) is 0. The van der Waals surface area contributed by atoms with Crippen LogP contribution in [-0.2, 0) is 30.7 Å². The number of fused-ring (bicyclic) bond motifs is 5. The van der Waals surface area contributed by atoms with E-state index in [2.05, 4.69) is 31.6 Å². The molecule has 0 spiro atoms. The van der Waals surface area contributed by atoms with Gasteiger partial charge in [0.05, 0.1) is 31.7 Å². The van der Waals surface area contributed by atoms with E-state index in [1.165, 1.54) is 16.9 Å². The Labute approximate surface area is 183 Å². The van der Waals surface area contributed by atoms with Gasteiger partial charge in [0.1, 0.15) is 4.83 Å². The fourth-order valence-electron chi connectivity index (χ4n) is 4.82. The molecule has 0 bridgehead atoms. The number of aromatic nitrogens is 4. The summed E-state index contributed by atoms with van der Waals surface area (Å²) in [5, 5.41) is 9.97. The van der Waals surface area contributed by atoms with Gasteiger partial charge in [-0.2, -0.15) is 0 Å². The van der Waals surface area contributed by atoms with Gasteiger partial charge in [-0.3, -0.25) is 18.7 Å². The summed E-state index contributed by atoms with van der Waals surface area (Å²) in [5.41, 5.74) is 2.41. The highest BCUT2D eigenvalue weighted by Crippen LogP contribution is 2.35. The van der Waals surface area contributed by atoms with Crippen LogP contribution in [0.4, 0.5) is 0 Å². The summed E-state index contributed by atoms with van der Waals surface area (Å²) in [5.74, 6) is 1.55. The first-order valence-electron chi connectivity index (χ1n) is 11.0. The van der Waals surface area contributed by atoms with Crippen LogP contribution in [0.3, 0.4) is 0 Å². The molecule has 7 nitrogen and oxygen atoms in total. The van der Waals surface area contributed by atoms with Crippen LogP contribution in [0.15, 0.2) is 35.1 Å². The first-order valence-corrected chi connectivity index (χ1v) is 11.9. The molecule has 0 radical (unpaired) electrons. The Balaban J connectivity index is 1.57. The van der Waals surface area contributed by atoms with Gasteiger partial charge in [0.2, 0.25) is 5.78 Å². The first kappa shape index (κ1) is 19.2. The lowest BCUT2D eigenvalue weighted by molar-refractivity contribution is 0.0329. The third-order valence-electron chi connectivity index (χ3n) is 6.42. The monoisotopic (exact) mass is 435 g/mol. The van der Waals surface area contributed by atoms with Crippen molar-refractivity contribution in [3.8, 4) is 0 Å². The van der Waals surface area contributed by atoms with E-state index < -0.39 is 0 Å². The number of rotatable bonds is 4. The molecule has 1 aliphatic carbocycles. The standard InChI is InChI=1S/C23H25N5O2S/c29-21-20-17-8-4-5-9-18(17)31-22(20)28-19(15-26-10-12-30-13-11-26)24-25-23(28)27(21)14-16-6-2-1-3-7-16/h1-3,6-7H,4-5,8-15H2. The third kappa shape index (κ3) is 3.30. The summed E-state index contributed by atoms with van der Waals surface area (Å²) in [6, 6.07) is 10.1. The molecule has 8 heteroatoms. The van der Waals surface area contributed by atoms with Crippen molar-refractivity contribution in [2.45, 2.75) is 38.8 Å². The molecule has 4 aromatic rings. The summed E-state index contributed by atoms with van der Waals surface area (Å²) in [6.07, 6.45) is 4.40. The zero-order chi connectivity index (χ0) is 20.8. The number of aryl methyl sites for hydroxylation is 2. The minimum absolute atomic E-state index is 0.0658. The molecule has 4 heterocycles. The Morgan fingerprint density at radius 3 is 2.65 bits per heavy atom. The fraction of sp³-hybridized carbons (Fsp3) is 0.435. The van der Waals surface area contributed by atoms with Crippen LogP contribution in [0.5, 0.6) is 0 Å². The highest BCUT2D eigenvalue weighted by molar-refractivity contribution is 7.18. The van der Waals surface area contributed by atoms with E-state index in [1.54, 1.807) is 11.3 Å². The van der Waals surface area contributed by atoms with Crippen molar-refractivity contribution >= 4 is 27.3 Å². The van der Waals surface area contributed by atoms with Crippen molar-refractivity contribution < 1.29 is 4.74 Å². The molecule has 1 aliphatic heterocycles. The maximum Gasteiger partial charge on any atom is 0.264 e. The molecule has 0 amide bonds. The highest BCUT2D eigenvalue weighted by atomic mass is 32.1. The summed E-state index contributed by atoms with van der Waals surface area (Å²) in [7, 11) is 0. The van der Waals surface area contributed by atoms with Crippen LogP contribution >= 0.6 is 11.3 Å². The molecule has 0 atom stereocenters. The average molecular weight is 436 g/mol. The van der Waals surface area contributed by atoms with Crippen LogP contribution in [-0.4, -0.2) is 50.4 Å². The predicted octanol–water partition coefficient (Wildman–Crippen LogP) is 2.87. The van der Waals surface area contributed by atoms with Crippen molar-refractivity contribution in [2.24, 2.45) is 0 Å². The molecular formula is C23H25N5O2S. The molecule has 1 aromatic carbocycles. The summed E-state index contributed by atoms with van der Waals surface area (Å²) in [6.45, 7) is 4.49. The second kappa shape index (κ2) is 7.85. The Morgan fingerprint density at radius 1 is 1.00 bits per heavy atom. The molecule has 3 aromatic heterocycles. The van der Waals surface area contributed by atoms with Gasteiger partial charge in [0, 0.05) is 18.0 Å². The molecule has 0 N–H and O–H groups in total. The lowest BCUT2D eigenvalue weighted by atomic mass is 9.97. The largest absolute Gasteiger partial charge is 0.379 e. The van der Waals surface area contributed by atoms with Gasteiger partial charge < -0.3 is 4.74 Å². The first-order chi connectivity index (χ1) is 15.3. The van der Waals surface area contributed by atoms with Gasteiger partial charge >= 0.3 is 0 Å². The van der Waals surface area contributed by atoms with Gasteiger partial charge in [-0.1, -0.05) is 30.3 Å². The number of thiophene rings is 1. The van der Waals surface area contributed by atoms with Gasteiger partial charge in [-0.25, -0.2) is 0 Å². The van der Waals surface area contributed by atoms with E-state index in [0.29, 0.717) is 18.9 Å². The average Bonchev–Trinajstić information content (AvgIpc) is 3.39. The zero-order valence-corrected chi connectivity index (χ0v) is 18.2. The van der Waals surface area contributed by atoms with Gasteiger partial charge in [0.25, 0.3) is 5.56 Å². The summed E-state index contributed by atoms with van der Waals surface area (Å²) >= 11 is 1.77. The SMILES string of the molecule is O=c1c2c3c(sc2n2c(CN4CCOCC4)nnc2n1Cc1ccccc1)CCCC3. The van der Waals surface area contributed by atoms with Crippen LogP contribution in [0.2, 0.25) is 0 Å². The van der Waals surface area contributed by atoms with Crippen LogP contribution in [0, 0.1) is 0 Å². The number of morpholine rings is 1. The van der Waals surface area contributed by atoms with E-state index in [1.807, 2.05) is 22.8 Å². The molecule has 2 aliphatic rings. The number of benzene rings is 1. The second-order valence-electron chi connectivity index (χ2n) is 8.41. The van der Waals surface area contributed by atoms with E-state index in [9.17, 15) is 4.79 Å². The van der Waals surface area contributed by atoms with E-state index in [-0.39, 0.29) is 5.56 Å². The highest BCUT2D eigenvalue weighted by Gasteiger charge is 2.25. The maximum absolute atomic E-state index is 13.7.